The van der Waals surface area contributed by atoms with Crippen LogP contribution in [0.15, 0.2) is 30.5 Å². The van der Waals surface area contributed by atoms with Gasteiger partial charge in [0.15, 0.2) is 0 Å². The number of benzene rings is 1. The van der Waals surface area contributed by atoms with Crippen LogP contribution in [0.1, 0.15) is 32.0 Å². The topological polar surface area (TPSA) is 39.1 Å². The minimum atomic E-state index is 0.532. The first-order valence-electron chi connectivity index (χ1n) is 7.56. The lowest BCUT2D eigenvalue weighted by Gasteiger charge is -2.11. The second-order valence-electron chi connectivity index (χ2n) is 5.71. The Morgan fingerprint density at radius 2 is 2.14 bits per heavy atom. The van der Waals surface area contributed by atoms with Crippen LogP contribution in [-0.4, -0.2) is 16.4 Å². The third-order valence-electron chi connectivity index (χ3n) is 3.23. The summed E-state index contributed by atoms with van der Waals surface area (Å²) in [5.74, 6) is 1.44. The highest BCUT2D eigenvalue weighted by Crippen LogP contribution is 2.19. The maximum atomic E-state index is 5.75. The number of hydrogen-bond donors (Lipinski definition) is 1. The van der Waals surface area contributed by atoms with Gasteiger partial charge in [-0.15, -0.1) is 0 Å². The summed E-state index contributed by atoms with van der Waals surface area (Å²) in [5.41, 5.74) is 3.47. The molecule has 0 bridgehead atoms. The fourth-order valence-electron chi connectivity index (χ4n) is 2.19. The molecule has 21 heavy (non-hydrogen) atoms. The van der Waals surface area contributed by atoms with Crippen molar-refractivity contribution >= 4 is 5.69 Å². The van der Waals surface area contributed by atoms with Crippen LogP contribution in [0.2, 0.25) is 0 Å². The molecule has 1 aromatic heterocycles. The Bertz CT molecular complexity index is 575. The minimum Gasteiger partial charge on any atom is -0.493 e. The predicted molar refractivity (Wildman–Crippen MR) is 86.7 cm³/mol. The van der Waals surface area contributed by atoms with Gasteiger partial charge in [-0.1, -0.05) is 26.8 Å². The van der Waals surface area contributed by atoms with Crippen LogP contribution in [0, 0.1) is 5.92 Å². The number of nitrogens with one attached hydrogen (secondary N) is 1. The summed E-state index contributed by atoms with van der Waals surface area (Å²) in [6.45, 7) is 7.95. The fraction of sp³-hybridized carbons (Fsp3) is 0.471. The summed E-state index contributed by atoms with van der Waals surface area (Å²) in [7, 11) is 1.96. The first-order chi connectivity index (χ1) is 10.1. The Labute approximate surface area is 127 Å². The van der Waals surface area contributed by atoms with Crippen molar-refractivity contribution in [3.63, 3.8) is 0 Å². The second-order valence-corrected chi connectivity index (χ2v) is 5.71. The van der Waals surface area contributed by atoms with Gasteiger partial charge in [0.05, 0.1) is 12.3 Å². The van der Waals surface area contributed by atoms with Crippen molar-refractivity contribution in [2.75, 3.05) is 11.9 Å². The van der Waals surface area contributed by atoms with Crippen molar-refractivity contribution in [2.24, 2.45) is 13.0 Å². The van der Waals surface area contributed by atoms with Crippen molar-refractivity contribution < 1.29 is 4.74 Å². The summed E-state index contributed by atoms with van der Waals surface area (Å²) in [6.07, 6.45) is 3.03. The molecule has 0 amide bonds. The van der Waals surface area contributed by atoms with Crippen molar-refractivity contribution in [1.82, 2.24) is 9.78 Å². The molecule has 4 heteroatoms. The molecule has 0 saturated heterocycles. The quantitative estimate of drug-likeness (QED) is 0.845. The standard InChI is InChI=1S/C17H25N3O/c1-5-17-14(11-20(4)19-17)10-18-15-7-6-8-16(9-15)21-12-13(2)3/h6-9,11,13,18H,5,10,12H2,1-4H3. The Morgan fingerprint density at radius 3 is 2.86 bits per heavy atom. The lowest BCUT2D eigenvalue weighted by Crippen LogP contribution is -2.05. The summed E-state index contributed by atoms with van der Waals surface area (Å²) >= 11 is 0. The van der Waals surface area contributed by atoms with E-state index in [1.165, 1.54) is 5.56 Å². The van der Waals surface area contributed by atoms with Gasteiger partial charge in [-0.05, 0) is 24.5 Å². The zero-order valence-electron chi connectivity index (χ0n) is 13.4. The highest BCUT2D eigenvalue weighted by atomic mass is 16.5. The Kier molecular flexibility index (Phi) is 5.26. The normalized spacial score (nSPS) is 10.9. The van der Waals surface area contributed by atoms with E-state index in [0.29, 0.717) is 5.92 Å². The zero-order chi connectivity index (χ0) is 15.2. The molecule has 2 rings (SSSR count). The molecule has 1 aromatic carbocycles. The number of nitrogens with zero attached hydrogens (tertiary/aromatic N) is 2. The van der Waals surface area contributed by atoms with Crippen LogP contribution in [0.4, 0.5) is 5.69 Å². The molecule has 0 atom stereocenters. The minimum absolute atomic E-state index is 0.532. The van der Waals surface area contributed by atoms with E-state index in [9.17, 15) is 0 Å². The van der Waals surface area contributed by atoms with E-state index >= 15 is 0 Å². The van der Waals surface area contributed by atoms with Crippen LogP contribution in [-0.2, 0) is 20.0 Å². The van der Waals surface area contributed by atoms with Gasteiger partial charge in [-0.2, -0.15) is 5.10 Å². The molecule has 1 heterocycles. The molecule has 1 N–H and O–H groups in total. The third-order valence-corrected chi connectivity index (χ3v) is 3.23. The molecule has 0 unspecified atom stereocenters. The number of rotatable bonds is 7. The fourth-order valence-corrected chi connectivity index (χ4v) is 2.19. The maximum Gasteiger partial charge on any atom is 0.121 e. The number of hydrogen-bond acceptors (Lipinski definition) is 3. The highest BCUT2D eigenvalue weighted by molar-refractivity contribution is 5.48. The van der Waals surface area contributed by atoms with Crippen molar-refractivity contribution in [3.05, 3.63) is 41.7 Å². The van der Waals surface area contributed by atoms with Gasteiger partial charge >= 0.3 is 0 Å². The van der Waals surface area contributed by atoms with E-state index in [2.05, 4.69) is 43.4 Å². The van der Waals surface area contributed by atoms with Gasteiger partial charge < -0.3 is 10.1 Å². The second kappa shape index (κ2) is 7.16. The first-order valence-corrected chi connectivity index (χ1v) is 7.56. The highest BCUT2D eigenvalue weighted by Gasteiger charge is 2.06. The van der Waals surface area contributed by atoms with Crippen LogP contribution < -0.4 is 10.1 Å². The summed E-state index contributed by atoms with van der Waals surface area (Å²) < 4.78 is 7.63. The van der Waals surface area contributed by atoms with Crippen LogP contribution in [0.25, 0.3) is 0 Å². The van der Waals surface area contributed by atoms with Crippen LogP contribution in [0.3, 0.4) is 0 Å². The molecule has 0 aliphatic rings. The zero-order valence-corrected chi connectivity index (χ0v) is 13.4. The molecular weight excluding hydrogens is 262 g/mol. The number of ether oxygens (including phenoxy) is 1. The van der Waals surface area contributed by atoms with Crippen molar-refractivity contribution in [1.29, 1.82) is 0 Å². The predicted octanol–water partition coefficient (Wildman–Crippen LogP) is 3.63. The van der Waals surface area contributed by atoms with E-state index in [1.807, 2.05) is 29.9 Å². The van der Waals surface area contributed by atoms with Crippen molar-refractivity contribution in [3.8, 4) is 5.75 Å². The SMILES string of the molecule is CCc1nn(C)cc1CNc1cccc(OCC(C)C)c1. The molecule has 0 spiro atoms. The summed E-state index contributed by atoms with van der Waals surface area (Å²) in [6, 6.07) is 8.12. The molecule has 2 aromatic rings. The number of anilines is 1. The Morgan fingerprint density at radius 1 is 1.33 bits per heavy atom. The molecule has 0 aliphatic carbocycles. The monoisotopic (exact) mass is 287 g/mol. The molecule has 0 radical (unpaired) electrons. The number of aryl methyl sites for hydroxylation is 2. The first kappa shape index (κ1) is 15.4. The summed E-state index contributed by atoms with van der Waals surface area (Å²) in [5, 5.41) is 7.90. The van der Waals surface area contributed by atoms with E-state index in [4.69, 9.17) is 4.74 Å². The van der Waals surface area contributed by atoms with Gasteiger partial charge in [0.25, 0.3) is 0 Å². The molecule has 0 fully saturated rings. The lowest BCUT2D eigenvalue weighted by molar-refractivity contribution is 0.271. The molecule has 0 aliphatic heterocycles. The van der Waals surface area contributed by atoms with Gasteiger partial charge in [0, 0.05) is 37.1 Å². The number of aromatic nitrogens is 2. The van der Waals surface area contributed by atoms with Crippen molar-refractivity contribution in [2.45, 2.75) is 33.7 Å². The van der Waals surface area contributed by atoms with Crippen LogP contribution >= 0.6 is 0 Å². The van der Waals surface area contributed by atoms with Crippen LogP contribution in [0.5, 0.6) is 5.75 Å². The molecule has 0 saturated carbocycles. The van der Waals surface area contributed by atoms with Gasteiger partial charge in [0.1, 0.15) is 5.75 Å². The van der Waals surface area contributed by atoms with E-state index in [0.717, 1.165) is 36.7 Å². The van der Waals surface area contributed by atoms with E-state index in [1.54, 1.807) is 0 Å². The largest absolute Gasteiger partial charge is 0.493 e. The van der Waals surface area contributed by atoms with Gasteiger partial charge in [0.2, 0.25) is 0 Å². The molecule has 4 nitrogen and oxygen atoms in total. The van der Waals surface area contributed by atoms with E-state index < -0.39 is 0 Å². The average molecular weight is 287 g/mol. The lowest BCUT2D eigenvalue weighted by atomic mass is 10.2. The Balaban J connectivity index is 1.98. The molecule has 114 valence electrons. The van der Waals surface area contributed by atoms with Gasteiger partial charge in [-0.25, -0.2) is 0 Å². The maximum absolute atomic E-state index is 5.75. The smallest absolute Gasteiger partial charge is 0.121 e. The van der Waals surface area contributed by atoms with Gasteiger partial charge in [-0.3, -0.25) is 4.68 Å². The van der Waals surface area contributed by atoms with E-state index in [-0.39, 0.29) is 0 Å². The molecular formula is C17H25N3O. The Hall–Kier alpha value is -1.97. The third kappa shape index (κ3) is 4.52. The average Bonchev–Trinajstić information content (AvgIpc) is 2.83. The summed E-state index contributed by atoms with van der Waals surface area (Å²) in [4.78, 5) is 0.